The molecule has 0 bridgehead atoms. The fourth-order valence-corrected chi connectivity index (χ4v) is 4.89. The number of aromatic hydroxyl groups is 2. The molecular weight excluding hydrogens is 531 g/mol. The van der Waals surface area contributed by atoms with Crippen LogP contribution < -0.4 is 10.6 Å². The highest BCUT2D eigenvalue weighted by molar-refractivity contribution is 5.98. The van der Waals surface area contributed by atoms with Crippen molar-refractivity contribution in [3.05, 3.63) is 95.1 Å². The van der Waals surface area contributed by atoms with E-state index >= 15 is 0 Å². The molecule has 1 aliphatic heterocycles. The van der Waals surface area contributed by atoms with Crippen LogP contribution in [0.2, 0.25) is 0 Å². The highest BCUT2D eigenvalue weighted by Crippen LogP contribution is 2.42. The van der Waals surface area contributed by atoms with Crippen LogP contribution in [0.5, 0.6) is 11.5 Å². The predicted molar refractivity (Wildman–Crippen MR) is 156 cm³/mol. The highest BCUT2D eigenvalue weighted by atomic mass is 19.4. The molecule has 1 fully saturated rings. The van der Waals surface area contributed by atoms with E-state index in [0.717, 1.165) is 37.6 Å². The van der Waals surface area contributed by atoms with Gasteiger partial charge in [0, 0.05) is 37.3 Å². The summed E-state index contributed by atoms with van der Waals surface area (Å²) in [4.78, 5) is 8.18. The fraction of sp³-hybridized carbons (Fsp3) is 0.290. The number of halogens is 3. The fourth-order valence-electron chi connectivity index (χ4n) is 4.89. The van der Waals surface area contributed by atoms with Crippen molar-refractivity contribution in [1.29, 1.82) is 5.41 Å². The van der Waals surface area contributed by atoms with Crippen molar-refractivity contribution in [2.45, 2.75) is 38.5 Å². The second kappa shape index (κ2) is 12.8. The van der Waals surface area contributed by atoms with Crippen LogP contribution in [0.1, 0.15) is 42.0 Å². The average molecular weight is 566 g/mol. The maximum atomic E-state index is 13.9. The Bertz CT molecular complexity index is 1410. The Morgan fingerprint density at radius 3 is 2.41 bits per heavy atom. The van der Waals surface area contributed by atoms with Crippen LogP contribution in [0.15, 0.2) is 77.8 Å². The number of anilines is 1. The average Bonchev–Trinajstić information content (AvgIpc) is 2.93. The van der Waals surface area contributed by atoms with Crippen molar-refractivity contribution in [1.82, 2.24) is 4.90 Å². The summed E-state index contributed by atoms with van der Waals surface area (Å²) in [5.74, 6) is 0.0349. The molecule has 216 valence electrons. The SMILES string of the molecule is CC(=N)N1CCC(N=C(N)c2ccc(O)c(/C=C\CN(Cc3ccccc3)c3cccc(O)c3C(F)(F)F)c2)CC1. The van der Waals surface area contributed by atoms with E-state index in [1.807, 2.05) is 35.2 Å². The van der Waals surface area contributed by atoms with Gasteiger partial charge in [-0.15, -0.1) is 0 Å². The lowest BCUT2D eigenvalue weighted by molar-refractivity contribution is -0.138. The first kappa shape index (κ1) is 29.5. The van der Waals surface area contributed by atoms with Crippen LogP contribution in [0.3, 0.4) is 0 Å². The van der Waals surface area contributed by atoms with E-state index in [-0.39, 0.29) is 30.6 Å². The molecule has 0 atom stereocenters. The number of nitrogens with zero attached hydrogens (tertiary/aromatic N) is 3. The third-order valence-corrected chi connectivity index (χ3v) is 7.07. The lowest BCUT2D eigenvalue weighted by Gasteiger charge is -2.31. The molecule has 3 aromatic rings. The van der Waals surface area contributed by atoms with Crippen molar-refractivity contribution in [3.63, 3.8) is 0 Å². The Labute approximate surface area is 237 Å². The Morgan fingerprint density at radius 1 is 1.05 bits per heavy atom. The Kier molecular flexibility index (Phi) is 9.21. The minimum Gasteiger partial charge on any atom is -0.507 e. The zero-order valence-electron chi connectivity index (χ0n) is 22.8. The summed E-state index contributed by atoms with van der Waals surface area (Å²) in [5, 5.41) is 28.3. The zero-order chi connectivity index (χ0) is 29.6. The second-order valence-corrected chi connectivity index (χ2v) is 10.0. The summed E-state index contributed by atoms with van der Waals surface area (Å²) < 4.78 is 41.8. The van der Waals surface area contributed by atoms with Gasteiger partial charge in [-0.05, 0) is 55.7 Å². The number of benzene rings is 3. The first-order chi connectivity index (χ1) is 19.5. The molecule has 0 aromatic heterocycles. The van der Waals surface area contributed by atoms with Crippen molar-refractivity contribution in [2.75, 3.05) is 24.5 Å². The number of rotatable bonds is 8. The Hall–Kier alpha value is -4.47. The third-order valence-electron chi connectivity index (χ3n) is 7.07. The van der Waals surface area contributed by atoms with Gasteiger partial charge < -0.3 is 25.7 Å². The van der Waals surface area contributed by atoms with Gasteiger partial charge in [0.25, 0.3) is 0 Å². The number of amidine groups is 2. The van der Waals surface area contributed by atoms with Crippen LogP contribution >= 0.6 is 0 Å². The van der Waals surface area contributed by atoms with Crippen molar-refractivity contribution >= 4 is 23.4 Å². The molecule has 0 amide bonds. The van der Waals surface area contributed by atoms with Crippen LogP contribution in [0.25, 0.3) is 6.08 Å². The molecule has 1 aliphatic rings. The summed E-state index contributed by atoms with van der Waals surface area (Å²) in [7, 11) is 0. The minimum absolute atomic E-state index is 0.00416. The van der Waals surface area contributed by atoms with E-state index in [1.165, 1.54) is 23.1 Å². The van der Waals surface area contributed by atoms with Crippen LogP contribution in [0, 0.1) is 5.41 Å². The molecule has 5 N–H and O–H groups in total. The number of piperidine rings is 1. The molecule has 41 heavy (non-hydrogen) atoms. The van der Waals surface area contributed by atoms with Gasteiger partial charge in [0.1, 0.15) is 22.9 Å². The van der Waals surface area contributed by atoms with E-state index in [4.69, 9.17) is 11.1 Å². The van der Waals surface area contributed by atoms with E-state index in [1.54, 1.807) is 31.2 Å². The number of aliphatic imine (C=N–C) groups is 1. The molecule has 0 unspecified atom stereocenters. The number of phenols is 2. The highest BCUT2D eigenvalue weighted by Gasteiger charge is 2.38. The van der Waals surface area contributed by atoms with Gasteiger partial charge in [0.2, 0.25) is 0 Å². The largest absolute Gasteiger partial charge is 0.507 e. The molecular formula is C31H34F3N5O2. The molecule has 4 rings (SSSR count). The maximum absolute atomic E-state index is 13.9. The third kappa shape index (κ3) is 7.59. The number of phenolic OH excluding ortho intramolecular Hbond substituents is 2. The van der Waals surface area contributed by atoms with Gasteiger partial charge in [-0.25, -0.2) is 0 Å². The standard InChI is InChI=1S/C31H34F3N5O2/c1-21(35)38-17-14-25(15-18-38)37-30(36)24-12-13-27(40)23(19-24)9-6-16-39(20-22-7-3-2-4-8-22)26-10-5-11-28(41)29(26)31(32,33)34/h2-13,19,25,35,40-41H,14-18,20H2,1H3,(H2,36,37)/b9-6-,35-21?. The van der Waals surface area contributed by atoms with Crippen molar-refractivity contribution in [3.8, 4) is 11.5 Å². The van der Waals surface area contributed by atoms with E-state index < -0.39 is 17.5 Å². The number of hydrogen-bond donors (Lipinski definition) is 4. The lowest BCUT2D eigenvalue weighted by atomic mass is 10.0. The summed E-state index contributed by atoms with van der Waals surface area (Å²) >= 11 is 0. The van der Waals surface area contributed by atoms with Gasteiger partial charge in [0.05, 0.1) is 17.6 Å². The van der Waals surface area contributed by atoms with Crippen LogP contribution in [-0.4, -0.2) is 52.5 Å². The first-order valence-corrected chi connectivity index (χ1v) is 13.3. The van der Waals surface area contributed by atoms with E-state index in [0.29, 0.717) is 22.8 Å². The number of hydrogen-bond acceptors (Lipinski definition) is 5. The molecule has 0 spiro atoms. The molecule has 10 heteroatoms. The number of nitrogens with one attached hydrogen (secondary N) is 1. The van der Waals surface area contributed by atoms with E-state index in [9.17, 15) is 23.4 Å². The van der Waals surface area contributed by atoms with Gasteiger partial charge in [-0.3, -0.25) is 10.4 Å². The Balaban J connectivity index is 1.56. The molecule has 1 saturated heterocycles. The van der Waals surface area contributed by atoms with Gasteiger partial charge in [0.15, 0.2) is 0 Å². The summed E-state index contributed by atoms with van der Waals surface area (Å²) in [6.07, 6.45) is 0.111. The number of nitrogens with two attached hydrogens (primary N) is 1. The molecule has 0 aliphatic carbocycles. The number of likely N-dealkylation sites (tertiary alicyclic amines) is 1. The van der Waals surface area contributed by atoms with Crippen LogP contribution in [-0.2, 0) is 12.7 Å². The smallest absolute Gasteiger partial charge is 0.421 e. The maximum Gasteiger partial charge on any atom is 0.421 e. The number of alkyl halides is 3. The predicted octanol–water partition coefficient (Wildman–Crippen LogP) is 6.00. The molecule has 3 aromatic carbocycles. The summed E-state index contributed by atoms with van der Waals surface area (Å²) in [6, 6.07) is 17.7. The van der Waals surface area contributed by atoms with Crippen molar-refractivity contribution < 1.29 is 23.4 Å². The normalized spacial score (nSPS) is 14.9. The Morgan fingerprint density at radius 2 is 1.76 bits per heavy atom. The molecule has 0 saturated carbocycles. The van der Waals surface area contributed by atoms with E-state index in [2.05, 4.69) is 4.99 Å². The van der Waals surface area contributed by atoms with Gasteiger partial charge >= 0.3 is 6.18 Å². The van der Waals surface area contributed by atoms with Crippen LogP contribution in [0.4, 0.5) is 18.9 Å². The zero-order valence-corrected chi connectivity index (χ0v) is 22.8. The quantitative estimate of drug-likeness (QED) is 0.198. The van der Waals surface area contributed by atoms with Gasteiger partial charge in [-0.1, -0.05) is 48.6 Å². The van der Waals surface area contributed by atoms with Gasteiger partial charge in [-0.2, -0.15) is 13.2 Å². The molecule has 1 heterocycles. The topological polar surface area (TPSA) is 109 Å². The lowest BCUT2D eigenvalue weighted by Crippen LogP contribution is -2.38. The minimum atomic E-state index is -4.75. The summed E-state index contributed by atoms with van der Waals surface area (Å²) in [5.41, 5.74) is 6.92. The first-order valence-electron chi connectivity index (χ1n) is 13.3. The monoisotopic (exact) mass is 565 g/mol. The molecule has 0 radical (unpaired) electrons. The summed E-state index contributed by atoms with van der Waals surface area (Å²) in [6.45, 7) is 3.49. The van der Waals surface area contributed by atoms with Crippen molar-refractivity contribution in [2.24, 2.45) is 10.7 Å². The molecule has 7 nitrogen and oxygen atoms in total. The second-order valence-electron chi connectivity index (χ2n) is 10.0.